The smallest absolute Gasteiger partial charge is 0.293 e. The molecule has 0 saturated carbocycles. The van der Waals surface area contributed by atoms with Gasteiger partial charge in [-0.3, -0.25) is 4.79 Å². The summed E-state index contributed by atoms with van der Waals surface area (Å²) in [5, 5.41) is 0.498. The van der Waals surface area contributed by atoms with Gasteiger partial charge in [0.25, 0.3) is 5.91 Å². The monoisotopic (exact) mass is 209 g/mol. The van der Waals surface area contributed by atoms with Crippen molar-refractivity contribution in [2.24, 2.45) is 5.73 Å². The van der Waals surface area contributed by atoms with E-state index in [-0.39, 0.29) is 0 Å². The molecule has 0 aliphatic rings. The van der Waals surface area contributed by atoms with Gasteiger partial charge in [0.1, 0.15) is 5.75 Å². The molecule has 0 saturated heterocycles. The van der Waals surface area contributed by atoms with Crippen LogP contribution in [-0.2, 0) is 4.79 Å². The fourth-order valence-electron chi connectivity index (χ4n) is 0.887. The Bertz CT molecular complexity index is 418. The lowest BCUT2D eigenvalue weighted by molar-refractivity contribution is -0.112. The summed E-state index contributed by atoms with van der Waals surface area (Å²) < 4.78 is 4.97. The number of carbonyl (C=O) groups is 1. The number of carbonyl (C=O) groups excluding carboxylic acids is 1. The minimum Gasteiger partial charge on any atom is -0.497 e. The third-order valence-corrected chi connectivity index (χ3v) is 1.66. The van der Waals surface area contributed by atoms with Crippen LogP contribution in [0.3, 0.4) is 0 Å². The average molecular weight is 210 g/mol. The van der Waals surface area contributed by atoms with Crippen molar-refractivity contribution in [1.29, 1.82) is 0 Å². The van der Waals surface area contributed by atoms with Gasteiger partial charge in [-0.15, -0.1) is 0 Å². The van der Waals surface area contributed by atoms with Gasteiger partial charge in [-0.25, -0.2) is 0 Å². The van der Waals surface area contributed by atoms with Crippen LogP contribution in [0.2, 0.25) is 5.02 Å². The summed E-state index contributed by atoms with van der Waals surface area (Å²) in [6.07, 6.45) is 0. The number of ether oxygens (including phenoxy) is 1. The number of methoxy groups -OCH3 is 1. The van der Waals surface area contributed by atoms with Crippen molar-refractivity contribution in [3.8, 4) is 17.6 Å². The van der Waals surface area contributed by atoms with Crippen LogP contribution in [0.5, 0.6) is 5.75 Å². The lowest BCUT2D eigenvalue weighted by Crippen LogP contribution is -2.06. The van der Waals surface area contributed by atoms with Crippen molar-refractivity contribution < 1.29 is 9.53 Å². The third-order valence-electron chi connectivity index (χ3n) is 1.44. The van der Waals surface area contributed by atoms with Crippen molar-refractivity contribution in [3.05, 3.63) is 28.8 Å². The molecule has 1 rings (SSSR count). The second-order valence-corrected chi connectivity index (χ2v) is 2.93. The predicted molar refractivity (Wildman–Crippen MR) is 54.1 cm³/mol. The quantitative estimate of drug-likeness (QED) is 0.707. The summed E-state index contributed by atoms with van der Waals surface area (Å²) >= 11 is 5.78. The van der Waals surface area contributed by atoms with Gasteiger partial charge in [0, 0.05) is 10.6 Å². The highest BCUT2D eigenvalue weighted by Crippen LogP contribution is 2.19. The number of primary amides is 1. The summed E-state index contributed by atoms with van der Waals surface area (Å²) in [6, 6.07) is 4.94. The highest BCUT2D eigenvalue weighted by molar-refractivity contribution is 6.30. The number of benzene rings is 1. The fourth-order valence-corrected chi connectivity index (χ4v) is 1.11. The molecule has 0 spiro atoms. The average Bonchev–Trinajstić information content (AvgIpc) is 2.14. The number of hydrogen-bond acceptors (Lipinski definition) is 2. The molecule has 0 heterocycles. The molecule has 0 aromatic heterocycles. The second-order valence-electron chi connectivity index (χ2n) is 2.49. The highest BCUT2D eigenvalue weighted by Gasteiger charge is 1.97. The van der Waals surface area contributed by atoms with Crippen molar-refractivity contribution >= 4 is 17.5 Å². The first-order chi connectivity index (χ1) is 6.61. The summed E-state index contributed by atoms with van der Waals surface area (Å²) in [6.45, 7) is 0. The van der Waals surface area contributed by atoms with Gasteiger partial charge in [0.2, 0.25) is 0 Å². The molecule has 0 aliphatic carbocycles. The molecule has 4 heteroatoms. The minimum absolute atomic E-state index is 0.498. The van der Waals surface area contributed by atoms with Crippen LogP contribution >= 0.6 is 11.6 Å². The second kappa shape index (κ2) is 4.54. The number of hydrogen-bond donors (Lipinski definition) is 1. The summed E-state index contributed by atoms with van der Waals surface area (Å²) in [5.74, 6) is 4.70. The van der Waals surface area contributed by atoms with E-state index in [1.807, 2.05) is 0 Å². The van der Waals surface area contributed by atoms with E-state index in [9.17, 15) is 4.79 Å². The largest absolute Gasteiger partial charge is 0.497 e. The van der Waals surface area contributed by atoms with Gasteiger partial charge in [0.05, 0.1) is 7.11 Å². The molecule has 0 radical (unpaired) electrons. The molecule has 0 bridgehead atoms. The maximum absolute atomic E-state index is 10.4. The molecule has 3 nitrogen and oxygen atoms in total. The zero-order valence-corrected chi connectivity index (χ0v) is 8.26. The minimum atomic E-state index is -0.677. The molecule has 72 valence electrons. The fraction of sp³-hybridized carbons (Fsp3) is 0.100. The van der Waals surface area contributed by atoms with Crippen LogP contribution in [0.1, 0.15) is 5.56 Å². The van der Waals surface area contributed by atoms with Crippen molar-refractivity contribution in [3.63, 3.8) is 0 Å². The van der Waals surface area contributed by atoms with Crippen LogP contribution in [-0.4, -0.2) is 13.0 Å². The van der Waals surface area contributed by atoms with E-state index in [0.29, 0.717) is 16.3 Å². The molecule has 14 heavy (non-hydrogen) atoms. The van der Waals surface area contributed by atoms with Crippen molar-refractivity contribution in [1.82, 2.24) is 0 Å². The number of halogens is 1. The molecular formula is C10H8ClNO2. The topological polar surface area (TPSA) is 52.3 Å². The maximum Gasteiger partial charge on any atom is 0.293 e. The Balaban J connectivity index is 3.05. The normalized spacial score (nSPS) is 8.71. The van der Waals surface area contributed by atoms with E-state index in [1.54, 1.807) is 18.2 Å². The molecule has 2 N–H and O–H groups in total. The Labute approximate surface area is 86.8 Å². The van der Waals surface area contributed by atoms with E-state index < -0.39 is 5.91 Å². The zero-order valence-electron chi connectivity index (χ0n) is 7.50. The summed E-state index contributed by atoms with van der Waals surface area (Å²) in [7, 11) is 1.52. The SMILES string of the molecule is COc1cc(Cl)cc(C#CC(N)=O)c1. The lowest BCUT2D eigenvalue weighted by Gasteiger charge is -2.00. The highest BCUT2D eigenvalue weighted by atomic mass is 35.5. The molecule has 1 amide bonds. The number of nitrogens with two attached hydrogens (primary N) is 1. The van der Waals surface area contributed by atoms with Gasteiger partial charge in [0.15, 0.2) is 0 Å². The molecule has 0 aliphatic heterocycles. The standard InChI is InChI=1S/C10H8ClNO2/c1-14-9-5-7(2-3-10(12)13)4-8(11)6-9/h4-6H,1H3,(H2,12,13). The summed E-state index contributed by atoms with van der Waals surface area (Å²) in [4.78, 5) is 10.4. The van der Waals surface area contributed by atoms with E-state index in [0.717, 1.165) is 0 Å². The Kier molecular flexibility index (Phi) is 3.38. The maximum atomic E-state index is 10.4. The molecule has 0 unspecified atom stereocenters. The van der Waals surface area contributed by atoms with Gasteiger partial charge in [-0.2, -0.15) is 0 Å². The van der Waals surface area contributed by atoms with E-state index >= 15 is 0 Å². The lowest BCUT2D eigenvalue weighted by atomic mass is 10.2. The van der Waals surface area contributed by atoms with E-state index in [4.69, 9.17) is 22.1 Å². The Hall–Kier alpha value is -1.66. The van der Waals surface area contributed by atoms with Crippen molar-refractivity contribution in [2.45, 2.75) is 0 Å². The first-order valence-electron chi connectivity index (χ1n) is 3.78. The molecule has 0 fully saturated rings. The number of rotatable bonds is 1. The number of amides is 1. The van der Waals surface area contributed by atoms with E-state index in [1.165, 1.54) is 7.11 Å². The van der Waals surface area contributed by atoms with Crippen LogP contribution in [0, 0.1) is 11.8 Å². The Morgan fingerprint density at radius 1 is 1.50 bits per heavy atom. The third kappa shape index (κ3) is 3.00. The summed E-state index contributed by atoms with van der Waals surface area (Å²) in [5.41, 5.74) is 5.46. The van der Waals surface area contributed by atoms with Gasteiger partial charge in [-0.1, -0.05) is 17.5 Å². The molecule has 1 aromatic carbocycles. The Morgan fingerprint density at radius 3 is 2.79 bits per heavy atom. The zero-order chi connectivity index (χ0) is 10.6. The molecular weight excluding hydrogens is 202 g/mol. The first-order valence-corrected chi connectivity index (χ1v) is 4.15. The van der Waals surface area contributed by atoms with Crippen LogP contribution < -0.4 is 10.5 Å². The molecule has 1 aromatic rings. The van der Waals surface area contributed by atoms with E-state index in [2.05, 4.69) is 11.8 Å². The van der Waals surface area contributed by atoms with Crippen LogP contribution in [0.15, 0.2) is 18.2 Å². The Morgan fingerprint density at radius 2 is 2.21 bits per heavy atom. The van der Waals surface area contributed by atoms with Gasteiger partial charge >= 0.3 is 0 Å². The van der Waals surface area contributed by atoms with Gasteiger partial charge < -0.3 is 10.5 Å². The van der Waals surface area contributed by atoms with Crippen LogP contribution in [0.25, 0.3) is 0 Å². The van der Waals surface area contributed by atoms with Crippen LogP contribution in [0.4, 0.5) is 0 Å². The molecule has 0 atom stereocenters. The van der Waals surface area contributed by atoms with Crippen molar-refractivity contribution in [2.75, 3.05) is 7.11 Å². The van der Waals surface area contributed by atoms with Gasteiger partial charge in [-0.05, 0) is 24.1 Å². The predicted octanol–water partition coefficient (Wildman–Crippen LogP) is 1.19. The first kappa shape index (κ1) is 10.4.